The highest BCUT2D eigenvalue weighted by atomic mass is 32.2. The van der Waals surface area contributed by atoms with Crippen LogP contribution in [0.5, 0.6) is 5.75 Å². The van der Waals surface area contributed by atoms with Crippen molar-refractivity contribution in [3.05, 3.63) is 47.9 Å². The van der Waals surface area contributed by atoms with E-state index in [0.29, 0.717) is 17.7 Å². The van der Waals surface area contributed by atoms with Gasteiger partial charge in [-0.25, -0.2) is 13.1 Å². The van der Waals surface area contributed by atoms with Gasteiger partial charge in [-0.2, -0.15) is 0 Å². The van der Waals surface area contributed by atoms with Crippen molar-refractivity contribution >= 4 is 10.0 Å². The molecule has 1 heterocycles. The third-order valence-corrected chi connectivity index (χ3v) is 4.90. The summed E-state index contributed by atoms with van der Waals surface area (Å²) in [5.41, 5.74) is 1.61. The van der Waals surface area contributed by atoms with E-state index < -0.39 is 10.0 Å². The van der Waals surface area contributed by atoms with Gasteiger partial charge in [-0.15, -0.1) is 0 Å². The van der Waals surface area contributed by atoms with Gasteiger partial charge in [0.15, 0.2) is 0 Å². The number of nitrogens with one attached hydrogen (secondary N) is 1. The predicted octanol–water partition coefficient (Wildman–Crippen LogP) is 2.51. The van der Waals surface area contributed by atoms with E-state index in [0.717, 1.165) is 5.56 Å². The lowest BCUT2D eigenvalue weighted by molar-refractivity contribution is 0.414. The van der Waals surface area contributed by atoms with Gasteiger partial charge in [0, 0.05) is 6.04 Å². The lowest BCUT2D eigenvalue weighted by Gasteiger charge is -2.15. The Morgan fingerprint density at radius 1 is 1.33 bits per heavy atom. The second kappa shape index (κ2) is 6.32. The quantitative estimate of drug-likeness (QED) is 0.890. The number of hydrogen-bond acceptors (Lipinski definition) is 4. The van der Waals surface area contributed by atoms with Crippen LogP contribution in [0.3, 0.4) is 0 Å². The standard InChI is InChI=1S/C15H19NO4S/c1-11-8-14(19-3)4-5-15(11)21(17,18)16-12(2)9-13-6-7-20-10-13/h4-8,10,12,16H,9H2,1-3H3. The monoisotopic (exact) mass is 309 g/mol. The molecule has 1 unspecified atom stereocenters. The molecule has 1 N–H and O–H groups in total. The molecule has 1 aromatic carbocycles. The van der Waals surface area contributed by atoms with Gasteiger partial charge in [0.2, 0.25) is 10.0 Å². The Kier molecular flexibility index (Phi) is 4.69. The Morgan fingerprint density at radius 3 is 2.67 bits per heavy atom. The summed E-state index contributed by atoms with van der Waals surface area (Å²) in [6, 6.07) is 6.50. The number of methoxy groups -OCH3 is 1. The van der Waals surface area contributed by atoms with Gasteiger partial charge in [0.05, 0.1) is 24.5 Å². The predicted molar refractivity (Wildman–Crippen MR) is 79.9 cm³/mol. The van der Waals surface area contributed by atoms with Crippen LogP contribution in [0.2, 0.25) is 0 Å². The lowest BCUT2D eigenvalue weighted by Crippen LogP contribution is -2.34. The molecule has 2 aromatic rings. The Morgan fingerprint density at radius 2 is 2.10 bits per heavy atom. The minimum Gasteiger partial charge on any atom is -0.497 e. The molecule has 0 aliphatic heterocycles. The Balaban J connectivity index is 2.14. The van der Waals surface area contributed by atoms with Gasteiger partial charge in [0.1, 0.15) is 5.75 Å². The van der Waals surface area contributed by atoms with Crippen LogP contribution in [0.15, 0.2) is 46.1 Å². The van der Waals surface area contributed by atoms with Gasteiger partial charge < -0.3 is 9.15 Å². The molecule has 2 rings (SSSR count). The largest absolute Gasteiger partial charge is 0.497 e. The molecule has 0 saturated carbocycles. The lowest BCUT2D eigenvalue weighted by atomic mass is 10.1. The highest BCUT2D eigenvalue weighted by Crippen LogP contribution is 2.21. The minimum absolute atomic E-state index is 0.228. The normalized spacial score (nSPS) is 13.1. The van der Waals surface area contributed by atoms with E-state index in [1.165, 1.54) is 0 Å². The Bertz CT molecular complexity index is 692. The summed E-state index contributed by atoms with van der Waals surface area (Å²) in [5.74, 6) is 0.637. The molecular formula is C15H19NO4S. The van der Waals surface area contributed by atoms with E-state index in [1.807, 2.05) is 13.0 Å². The highest BCUT2D eigenvalue weighted by molar-refractivity contribution is 7.89. The molecule has 0 spiro atoms. The minimum atomic E-state index is -3.55. The zero-order valence-corrected chi connectivity index (χ0v) is 13.1. The highest BCUT2D eigenvalue weighted by Gasteiger charge is 2.20. The van der Waals surface area contributed by atoms with Gasteiger partial charge in [-0.05, 0) is 55.7 Å². The molecule has 1 aromatic heterocycles. The van der Waals surface area contributed by atoms with Crippen molar-refractivity contribution in [3.8, 4) is 5.75 Å². The average Bonchev–Trinajstić information content (AvgIpc) is 2.90. The topological polar surface area (TPSA) is 68.5 Å². The SMILES string of the molecule is COc1ccc(S(=O)(=O)NC(C)Cc2ccoc2)c(C)c1. The van der Waals surface area contributed by atoms with Crippen LogP contribution in [0.25, 0.3) is 0 Å². The number of aryl methyl sites for hydroxylation is 1. The molecule has 114 valence electrons. The molecule has 0 aliphatic carbocycles. The summed E-state index contributed by atoms with van der Waals surface area (Å²) < 4.78 is 37.6. The number of benzene rings is 1. The third-order valence-electron chi connectivity index (χ3n) is 3.15. The maximum Gasteiger partial charge on any atom is 0.241 e. The summed E-state index contributed by atoms with van der Waals surface area (Å²) >= 11 is 0. The number of rotatable bonds is 6. The molecular weight excluding hydrogens is 290 g/mol. The third kappa shape index (κ3) is 3.86. The second-order valence-corrected chi connectivity index (χ2v) is 6.67. The molecule has 0 saturated heterocycles. The summed E-state index contributed by atoms with van der Waals surface area (Å²) in [4.78, 5) is 0.266. The summed E-state index contributed by atoms with van der Waals surface area (Å²) in [7, 11) is -2.00. The number of ether oxygens (including phenoxy) is 1. The first-order valence-corrected chi connectivity index (χ1v) is 8.09. The molecule has 1 atom stereocenters. The van der Waals surface area contributed by atoms with Crippen molar-refractivity contribution in [1.29, 1.82) is 0 Å². The van der Waals surface area contributed by atoms with Crippen molar-refractivity contribution in [2.45, 2.75) is 31.2 Å². The fourth-order valence-electron chi connectivity index (χ4n) is 2.18. The van der Waals surface area contributed by atoms with Gasteiger partial charge in [-0.1, -0.05) is 0 Å². The van der Waals surface area contributed by atoms with E-state index in [4.69, 9.17) is 9.15 Å². The van der Waals surface area contributed by atoms with Crippen molar-refractivity contribution in [1.82, 2.24) is 4.72 Å². The first-order valence-electron chi connectivity index (χ1n) is 6.60. The zero-order chi connectivity index (χ0) is 15.5. The summed E-state index contributed by atoms with van der Waals surface area (Å²) in [6.07, 6.45) is 3.76. The van der Waals surface area contributed by atoms with Gasteiger partial charge in [0.25, 0.3) is 0 Å². The number of sulfonamides is 1. The summed E-state index contributed by atoms with van der Waals surface area (Å²) in [6.45, 7) is 3.57. The van der Waals surface area contributed by atoms with E-state index in [2.05, 4.69) is 4.72 Å². The molecule has 0 aliphatic rings. The Labute approximate surface area is 125 Å². The molecule has 0 bridgehead atoms. The average molecular weight is 309 g/mol. The van der Waals surface area contributed by atoms with Crippen molar-refractivity contribution in [3.63, 3.8) is 0 Å². The van der Waals surface area contributed by atoms with Crippen LogP contribution in [0.1, 0.15) is 18.1 Å². The zero-order valence-electron chi connectivity index (χ0n) is 12.3. The second-order valence-electron chi connectivity index (χ2n) is 4.99. The Hall–Kier alpha value is -1.79. The molecule has 21 heavy (non-hydrogen) atoms. The van der Waals surface area contributed by atoms with Gasteiger partial charge >= 0.3 is 0 Å². The van der Waals surface area contributed by atoms with Crippen LogP contribution in [0, 0.1) is 6.92 Å². The van der Waals surface area contributed by atoms with Crippen molar-refractivity contribution in [2.75, 3.05) is 7.11 Å². The molecule has 6 heteroatoms. The number of furan rings is 1. The van der Waals surface area contributed by atoms with E-state index >= 15 is 0 Å². The van der Waals surface area contributed by atoms with Crippen LogP contribution in [-0.2, 0) is 16.4 Å². The first-order chi connectivity index (χ1) is 9.92. The van der Waals surface area contributed by atoms with Crippen molar-refractivity contribution < 1.29 is 17.6 Å². The number of hydrogen-bond donors (Lipinski definition) is 1. The van der Waals surface area contributed by atoms with E-state index in [1.54, 1.807) is 44.8 Å². The van der Waals surface area contributed by atoms with Crippen LogP contribution in [0.4, 0.5) is 0 Å². The van der Waals surface area contributed by atoms with Gasteiger partial charge in [-0.3, -0.25) is 0 Å². The smallest absolute Gasteiger partial charge is 0.241 e. The maximum absolute atomic E-state index is 12.4. The molecule has 0 fully saturated rings. The molecule has 5 nitrogen and oxygen atoms in total. The van der Waals surface area contributed by atoms with E-state index in [-0.39, 0.29) is 10.9 Å². The fourth-order valence-corrected chi connectivity index (χ4v) is 3.65. The van der Waals surface area contributed by atoms with E-state index in [9.17, 15) is 8.42 Å². The molecule has 0 amide bonds. The fraction of sp³-hybridized carbons (Fsp3) is 0.333. The van der Waals surface area contributed by atoms with Crippen molar-refractivity contribution in [2.24, 2.45) is 0 Å². The molecule has 0 radical (unpaired) electrons. The summed E-state index contributed by atoms with van der Waals surface area (Å²) in [5, 5.41) is 0. The van der Waals surface area contributed by atoms with Crippen LogP contribution in [-0.4, -0.2) is 21.6 Å². The first kappa shape index (κ1) is 15.6. The maximum atomic E-state index is 12.4. The van der Waals surface area contributed by atoms with Crippen LogP contribution >= 0.6 is 0 Å². The van der Waals surface area contributed by atoms with Crippen LogP contribution < -0.4 is 9.46 Å².